The van der Waals surface area contributed by atoms with E-state index in [1.807, 2.05) is 6.08 Å². The number of rotatable bonds is 13. The van der Waals surface area contributed by atoms with Gasteiger partial charge in [0.25, 0.3) is 0 Å². The summed E-state index contributed by atoms with van der Waals surface area (Å²) >= 11 is 0. The molecule has 0 amide bonds. The summed E-state index contributed by atoms with van der Waals surface area (Å²) in [5.74, 6) is 0.568. The van der Waals surface area contributed by atoms with Crippen LogP contribution in [-0.4, -0.2) is 55.4 Å². The third-order valence-corrected chi connectivity index (χ3v) is 8.62. The highest BCUT2D eigenvalue weighted by atomic mass is 16.7. The smallest absolute Gasteiger partial charge is 0.305 e. The number of aliphatic hydroxyl groups is 1. The van der Waals surface area contributed by atoms with E-state index in [1.54, 1.807) is 0 Å². The first-order valence-electron chi connectivity index (χ1n) is 14.9. The lowest BCUT2D eigenvalue weighted by Gasteiger charge is -2.31. The molecule has 0 radical (unpaired) electrons. The molecule has 0 bridgehead atoms. The molecule has 3 rings (SSSR count). The molecule has 1 heterocycles. The Morgan fingerprint density at radius 1 is 1.08 bits per heavy atom. The molecule has 2 aliphatic carbocycles. The first-order chi connectivity index (χ1) is 18.4. The lowest BCUT2D eigenvalue weighted by molar-refractivity contribution is -0.193. The van der Waals surface area contributed by atoms with E-state index in [2.05, 4.69) is 25.2 Å². The van der Waals surface area contributed by atoms with Crippen molar-refractivity contribution in [3.05, 3.63) is 24.3 Å². The van der Waals surface area contributed by atoms with Crippen LogP contribution in [0, 0.1) is 23.7 Å². The van der Waals surface area contributed by atoms with Crippen molar-refractivity contribution in [1.29, 1.82) is 0 Å². The van der Waals surface area contributed by atoms with Crippen molar-refractivity contribution >= 4 is 11.9 Å². The molecule has 216 valence electrons. The summed E-state index contributed by atoms with van der Waals surface area (Å²) in [6.45, 7) is 4.41. The predicted molar refractivity (Wildman–Crippen MR) is 146 cm³/mol. The molecular weight excluding hydrogens is 484 g/mol. The summed E-state index contributed by atoms with van der Waals surface area (Å²) in [5, 5.41) is 11.1. The summed E-state index contributed by atoms with van der Waals surface area (Å²) in [5.41, 5.74) is 0. The lowest BCUT2D eigenvalue weighted by Crippen LogP contribution is -2.31. The van der Waals surface area contributed by atoms with Gasteiger partial charge in [-0.15, -0.1) is 0 Å². The molecular formula is C31H50O7. The Kier molecular flexibility index (Phi) is 13.3. The van der Waals surface area contributed by atoms with Crippen LogP contribution in [0.5, 0.6) is 0 Å². The molecule has 0 aromatic heterocycles. The van der Waals surface area contributed by atoms with Crippen molar-refractivity contribution < 1.29 is 33.6 Å². The second-order valence-electron chi connectivity index (χ2n) is 11.3. The zero-order valence-corrected chi connectivity index (χ0v) is 23.7. The van der Waals surface area contributed by atoms with E-state index in [-0.39, 0.29) is 42.3 Å². The molecule has 2 saturated carbocycles. The predicted octanol–water partition coefficient (Wildman–Crippen LogP) is 5.89. The van der Waals surface area contributed by atoms with Crippen LogP contribution in [0.15, 0.2) is 24.3 Å². The van der Waals surface area contributed by atoms with Crippen LogP contribution in [0.3, 0.4) is 0 Å². The van der Waals surface area contributed by atoms with Crippen molar-refractivity contribution in [3.8, 4) is 0 Å². The fourth-order valence-electron chi connectivity index (χ4n) is 6.42. The fraction of sp³-hybridized carbons (Fsp3) is 0.806. The zero-order chi connectivity index (χ0) is 27.3. The third-order valence-electron chi connectivity index (χ3n) is 8.62. The Bertz CT molecular complexity index is 772. The van der Waals surface area contributed by atoms with Gasteiger partial charge < -0.3 is 24.1 Å². The number of carbonyl (C=O) groups excluding carboxylic acids is 2. The van der Waals surface area contributed by atoms with Crippen LogP contribution in [-0.2, 0) is 28.5 Å². The van der Waals surface area contributed by atoms with Crippen molar-refractivity contribution in [2.45, 2.75) is 122 Å². The minimum Gasteiger partial charge on any atom is -0.469 e. The molecule has 0 aromatic rings. The first-order valence-corrected chi connectivity index (χ1v) is 14.9. The minimum atomic E-state index is -0.474. The summed E-state index contributed by atoms with van der Waals surface area (Å²) in [7, 11) is 1.41. The quantitative estimate of drug-likeness (QED) is 0.179. The van der Waals surface area contributed by atoms with Crippen LogP contribution in [0.1, 0.15) is 97.3 Å². The van der Waals surface area contributed by atoms with E-state index < -0.39 is 6.10 Å². The summed E-state index contributed by atoms with van der Waals surface area (Å²) in [6.07, 6.45) is 19.3. The molecule has 3 fully saturated rings. The van der Waals surface area contributed by atoms with Crippen molar-refractivity contribution in [1.82, 2.24) is 0 Å². The van der Waals surface area contributed by atoms with Crippen LogP contribution in [0.2, 0.25) is 0 Å². The van der Waals surface area contributed by atoms with Gasteiger partial charge in [0.15, 0.2) is 6.29 Å². The molecule has 0 aromatic carbocycles. The maximum atomic E-state index is 12.0. The highest BCUT2D eigenvalue weighted by Gasteiger charge is 2.45. The van der Waals surface area contributed by atoms with Crippen molar-refractivity contribution in [3.63, 3.8) is 0 Å². The standard InChI is InChI=1S/C31H50O7/c1-4-23-12-11-13-24(20-23)27(33)18-17-26-25(14-7-5-6-8-15-30(34)35-3)28(37-22(2)32)21-29(26)38-31-16-9-10-19-36-31/h5,7,17-18,23-29,31,33H,4,6,8-16,19-21H2,1-3H3/b7-5-,18-17+/t23?,24?,25-,26-,27-,28+,29-,31?/m1/s1. The normalized spacial score (nSPS) is 33.0. The number of hydrogen-bond acceptors (Lipinski definition) is 7. The van der Waals surface area contributed by atoms with Gasteiger partial charge in [-0.2, -0.15) is 0 Å². The molecule has 3 aliphatic rings. The molecule has 1 saturated heterocycles. The van der Waals surface area contributed by atoms with Gasteiger partial charge in [0, 0.05) is 38.2 Å². The van der Waals surface area contributed by atoms with Gasteiger partial charge in [0.1, 0.15) is 6.10 Å². The van der Waals surface area contributed by atoms with E-state index in [4.69, 9.17) is 18.9 Å². The molecule has 0 spiro atoms. The number of aliphatic hydroxyl groups excluding tert-OH is 1. The topological polar surface area (TPSA) is 91.3 Å². The van der Waals surface area contributed by atoms with Crippen LogP contribution in [0.4, 0.5) is 0 Å². The van der Waals surface area contributed by atoms with Crippen molar-refractivity contribution in [2.75, 3.05) is 13.7 Å². The van der Waals surface area contributed by atoms with Gasteiger partial charge in [-0.05, 0) is 63.2 Å². The maximum Gasteiger partial charge on any atom is 0.305 e. The molecule has 7 nitrogen and oxygen atoms in total. The monoisotopic (exact) mass is 534 g/mol. The number of esters is 2. The van der Waals surface area contributed by atoms with Gasteiger partial charge in [0.2, 0.25) is 0 Å². The SMILES string of the molecule is CCC1CCCC([C@H](O)/C=C/[C@@H]2[C@@H](C/C=C\CCCC(=O)OC)[C@@H](OC(C)=O)C[C@H]2OC2CCCCO2)C1. The third kappa shape index (κ3) is 9.80. The molecule has 38 heavy (non-hydrogen) atoms. The minimum absolute atomic E-state index is 0.00445. The lowest BCUT2D eigenvalue weighted by atomic mass is 9.77. The highest BCUT2D eigenvalue weighted by molar-refractivity contribution is 5.69. The molecule has 8 atom stereocenters. The zero-order valence-electron chi connectivity index (χ0n) is 23.7. The van der Waals surface area contributed by atoms with Gasteiger partial charge in [-0.25, -0.2) is 0 Å². The molecule has 3 unspecified atom stereocenters. The Labute approximate surface area is 229 Å². The second-order valence-corrected chi connectivity index (χ2v) is 11.3. The Balaban J connectivity index is 1.71. The van der Waals surface area contributed by atoms with Gasteiger partial charge in [-0.1, -0.05) is 50.5 Å². The summed E-state index contributed by atoms with van der Waals surface area (Å²) in [6, 6.07) is 0. The summed E-state index contributed by atoms with van der Waals surface area (Å²) < 4.78 is 22.9. The number of unbranched alkanes of at least 4 members (excludes halogenated alkanes) is 1. The second kappa shape index (κ2) is 16.4. The van der Waals surface area contributed by atoms with E-state index >= 15 is 0 Å². The number of ether oxygens (including phenoxy) is 4. The van der Waals surface area contributed by atoms with E-state index in [0.29, 0.717) is 31.3 Å². The maximum absolute atomic E-state index is 12.0. The van der Waals surface area contributed by atoms with Crippen LogP contribution >= 0.6 is 0 Å². The number of methoxy groups -OCH3 is 1. The number of hydrogen-bond donors (Lipinski definition) is 1. The summed E-state index contributed by atoms with van der Waals surface area (Å²) in [4.78, 5) is 23.4. The Morgan fingerprint density at radius 3 is 2.63 bits per heavy atom. The first kappa shape index (κ1) is 30.8. The average Bonchev–Trinajstić information content (AvgIpc) is 3.23. The highest BCUT2D eigenvalue weighted by Crippen LogP contribution is 2.42. The van der Waals surface area contributed by atoms with Gasteiger partial charge in [0.05, 0.1) is 19.3 Å². The van der Waals surface area contributed by atoms with E-state index in [1.165, 1.54) is 33.3 Å². The van der Waals surface area contributed by atoms with Gasteiger partial charge >= 0.3 is 11.9 Å². The van der Waals surface area contributed by atoms with Crippen LogP contribution < -0.4 is 0 Å². The molecule has 7 heteroatoms. The van der Waals surface area contributed by atoms with E-state index in [9.17, 15) is 14.7 Å². The Hall–Kier alpha value is -1.70. The van der Waals surface area contributed by atoms with Gasteiger partial charge in [-0.3, -0.25) is 9.59 Å². The Morgan fingerprint density at radius 2 is 1.92 bits per heavy atom. The van der Waals surface area contributed by atoms with Crippen LogP contribution in [0.25, 0.3) is 0 Å². The number of carbonyl (C=O) groups is 2. The molecule has 1 aliphatic heterocycles. The molecule has 1 N–H and O–H groups in total. The average molecular weight is 535 g/mol. The number of allylic oxidation sites excluding steroid dienone is 2. The van der Waals surface area contributed by atoms with Crippen molar-refractivity contribution in [2.24, 2.45) is 23.7 Å². The fourth-order valence-corrected chi connectivity index (χ4v) is 6.42. The van der Waals surface area contributed by atoms with E-state index in [0.717, 1.165) is 51.4 Å². The largest absolute Gasteiger partial charge is 0.469 e.